The van der Waals surface area contributed by atoms with Gasteiger partial charge in [0, 0.05) is 6.08 Å². The lowest BCUT2D eigenvalue weighted by Gasteiger charge is -1.96. The second-order valence-corrected chi connectivity index (χ2v) is 2.62. The first-order valence-corrected chi connectivity index (χ1v) is 4.07. The van der Waals surface area contributed by atoms with Crippen molar-refractivity contribution in [3.8, 4) is 0 Å². The summed E-state index contributed by atoms with van der Waals surface area (Å²) >= 11 is 0. The fraction of sp³-hybridized carbons (Fsp3) is 0.500. The van der Waals surface area contributed by atoms with Gasteiger partial charge in [0.1, 0.15) is 0 Å². The van der Waals surface area contributed by atoms with Crippen molar-refractivity contribution in [1.29, 1.82) is 0 Å². The molecule has 0 spiro atoms. The molecule has 68 valence electrons. The summed E-state index contributed by atoms with van der Waals surface area (Å²) in [4.78, 5) is 10.7. The number of carbonyl (C=O) groups excluding carboxylic acids is 1. The van der Waals surface area contributed by atoms with Crippen LogP contribution in [0, 0.1) is 0 Å². The van der Waals surface area contributed by atoms with E-state index in [4.69, 9.17) is 0 Å². The van der Waals surface area contributed by atoms with Crippen LogP contribution in [0.4, 0.5) is 0 Å². The van der Waals surface area contributed by atoms with E-state index in [-0.39, 0.29) is 5.97 Å². The Labute approximate surface area is 73.9 Å². The summed E-state index contributed by atoms with van der Waals surface area (Å²) in [6, 6.07) is 0. The minimum absolute atomic E-state index is 0.270. The summed E-state index contributed by atoms with van der Waals surface area (Å²) in [5, 5.41) is 0. The van der Waals surface area contributed by atoms with Gasteiger partial charge in [-0.25, -0.2) is 4.79 Å². The van der Waals surface area contributed by atoms with Gasteiger partial charge in [-0.3, -0.25) is 0 Å². The van der Waals surface area contributed by atoms with Gasteiger partial charge in [-0.05, 0) is 26.7 Å². The highest BCUT2D eigenvalue weighted by Crippen LogP contribution is 2.04. The van der Waals surface area contributed by atoms with Gasteiger partial charge in [-0.2, -0.15) is 0 Å². The van der Waals surface area contributed by atoms with Gasteiger partial charge in [0.25, 0.3) is 0 Å². The minimum atomic E-state index is -0.270. The third kappa shape index (κ3) is 5.71. The van der Waals surface area contributed by atoms with Crippen molar-refractivity contribution in [2.24, 2.45) is 0 Å². The molecule has 0 saturated heterocycles. The smallest absolute Gasteiger partial charge is 0.330 e. The number of allylic oxidation sites excluding steroid dienone is 3. The average molecular weight is 168 g/mol. The number of hydrogen-bond donors (Lipinski definition) is 0. The number of esters is 1. The maximum Gasteiger partial charge on any atom is 0.330 e. The lowest BCUT2D eigenvalue weighted by Crippen LogP contribution is -1.95. The molecule has 0 aliphatic heterocycles. The van der Waals surface area contributed by atoms with E-state index in [9.17, 15) is 4.79 Å². The Morgan fingerprint density at radius 1 is 1.50 bits per heavy atom. The van der Waals surface area contributed by atoms with Crippen LogP contribution in [0.25, 0.3) is 0 Å². The van der Waals surface area contributed by atoms with Crippen molar-refractivity contribution in [1.82, 2.24) is 0 Å². The van der Waals surface area contributed by atoms with E-state index in [1.165, 1.54) is 13.2 Å². The third-order valence-corrected chi connectivity index (χ3v) is 1.51. The van der Waals surface area contributed by atoms with Crippen molar-refractivity contribution >= 4 is 5.97 Å². The Morgan fingerprint density at radius 2 is 2.17 bits per heavy atom. The van der Waals surface area contributed by atoms with E-state index in [0.717, 1.165) is 18.4 Å². The first-order chi connectivity index (χ1) is 5.70. The second kappa shape index (κ2) is 6.65. The average Bonchev–Trinajstić information content (AvgIpc) is 2.05. The molecule has 2 heteroatoms. The Bertz CT molecular complexity index is 190. The highest BCUT2D eigenvalue weighted by molar-refractivity contribution is 5.82. The fourth-order valence-electron chi connectivity index (χ4n) is 0.810. The van der Waals surface area contributed by atoms with Gasteiger partial charge < -0.3 is 4.74 Å². The molecule has 0 aliphatic rings. The molecule has 0 rings (SSSR count). The number of methoxy groups -OCH3 is 1. The van der Waals surface area contributed by atoms with E-state index >= 15 is 0 Å². The van der Waals surface area contributed by atoms with Crippen molar-refractivity contribution in [2.75, 3.05) is 7.11 Å². The molecule has 0 aromatic heterocycles. The number of carbonyl (C=O) groups is 1. The van der Waals surface area contributed by atoms with Crippen LogP contribution in [-0.4, -0.2) is 13.1 Å². The molecule has 0 radical (unpaired) electrons. The molecular weight excluding hydrogens is 152 g/mol. The zero-order valence-electron chi connectivity index (χ0n) is 7.96. The fourth-order valence-corrected chi connectivity index (χ4v) is 0.810. The van der Waals surface area contributed by atoms with Crippen LogP contribution in [0.2, 0.25) is 0 Å². The van der Waals surface area contributed by atoms with Crippen LogP contribution >= 0.6 is 0 Å². The number of ether oxygens (including phenoxy) is 1. The third-order valence-electron chi connectivity index (χ3n) is 1.51. The molecule has 0 saturated carbocycles. The highest BCUT2D eigenvalue weighted by atomic mass is 16.5. The lowest BCUT2D eigenvalue weighted by molar-refractivity contribution is -0.134. The number of rotatable bonds is 4. The van der Waals surface area contributed by atoms with Crippen LogP contribution in [0.3, 0.4) is 0 Å². The molecule has 0 bridgehead atoms. The van der Waals surface area contributed by atoms with Gasteiger partial charge >= 0.3 is 5.97 Å². The quantitative estimate of drug-likeness (QED) is 0.366. The van der Waals surface area contributed by atoms with E-state index in [2.05, 4.69) is 10.8 Å². The van der Waals surface area contributed by atoms with Crippen LogP contribution < -0.4 is 0 Å². The van der Waals surface area contributed by atoms with Crippen molar-refractivity contribution in [2.45, 2.75) is 26.7 Å². The van der Waals surface area contributed by atoms with Crippen molar-refractivity contribution in [3.05, 3.63) is 23.8 Å². The first-order valence-electron chi connectivity index (χ1n) is 4.07. The van der Waals surface area contributed by atoms with Gasteiger partial charge in [0.2, 0.25) is 0 Å². The Morgan fingerprint density at radius 3 is 2.67 bits per heavy atom. The largest absolute Gasteiger partial charge is 0.466 e. The molecule has 0 aliphatic carbocycles. The van der Waals surface area contributed by atoms with Gasteiger partial charge in [0.05, 0.1) is 7.11 Å². The monoisotopic (exact) mass is 168 g/mol. The molecule has 0 heterocycles. The molecule has 12 heavy (non-hydrogen) atoms. The Hall–Kier alpha value is -1.05. The van der Waals surface area contributed by atoms with E-state index in [0.29, 0.717) is 0 Å². The maximum absolute atomic E-state index is 10.7. The highest BCUT2D eigenvalue weighted by Gasteiger charge is 1.94. The Balaban J connectivity index is 3.77. The molecule has 0 fully saturated rings. The summed E-state index contributed by atoms with van der Waals surface area (Å²) in [5.74, 6) is -0.270. The van der Waals surface area contributed by atoms with Crippen LogP contribution in [0.1, 0.15) is 26.7 Å². The topological polar surface area (TPSA) is 26.3 Å². The van der Waals surface area contributed by atoms with Gasteiger partial charge in [0.15, 0.2) is 0 Å². The van der Waals surface area contributed by atoms with Gasteiger partial charge in [-0.15, -0.1) is 0 Å². The second-order valence-electron chi connectivity index (χ2n) is 2.62. The van der Waals surface area contributed by atoms with Crippen LogP contribution in [-0.2, 0) is 9.53 Å². The van der Waals surface area contributed by atoms with Crippen LogP contribution in [0.15, 0.2) is 23.8 Å². The molecule has 0 atom stereocenters. The SMILES string of the molecule is CC=CCCC(C)=CC(=O)OC. The Kier molecular flexibility index (Phi) is 6.07. The van der Waals surface area contributed by atoms with Crippen molar-refractivity contribution < 1.29 is 9.53 Å². The predicted octanol–water partition coefficient (Wildman–Crippen LogP) is 2.46. The van der Waals surface area contributed by atoms with E-state index in [1.807, 2.05) is 19.9 Å². The van der Waals surface area contributed by atoms with E-state index < -0.39 is 0 Å². The summed E-state index contributed by atoms with van der Waals surface area (Å²) in [6.45, 7) is 3.92. The van der Waals surface area contributed by atoms with E-state index in [1.54, 1.807) is 0 Å². The molecule has 0 amide bonds. The minimum Gasteiger partial charge on any atom is -0.466 e. The van der Waals surface area contributed by atoms with Gasteiger partial charge in [-0.1, -0.05) is 17.7 Å². The number of hydrogen-bond acceptors (Lipinski definition) is 2. The summed E-state index contributed by atoms with van der Waals surface area (Å²) in [6.07, 6.45) is 7.51. The molecule has 0 aromatic rings. The zero-order valence-corrected chi connectivity index (χ0v) is 7.96. The predicted molar refractivity (Wildman–Crippen MR) is 49.8 cm³/mol. The molecular formula is C10H16O2. The maximum atomic E-state index is 10.7. The zero-order chi connectivity index (χ0) is 9.40. The summed E-state index contributed by atoms with van der Waals surface area (Å²) in [7, 11) is 1.39. The van der Waals surface area contributed by atoms with Crippen LogP contribution in [0.5, 0.6) is 0 Å². The standard InChI is InChI=1S/C10H16O2/c1-4-5-6-7-9(2)8-10(11)12-3/h4-5,8H,6-7H2,1-3H3. The molecule has 0 N–H and O–H groups in total. The molecule has 2 nitrogen and oxygen atoms in total. The normalized spacial score (nSPS) is 12.1. The lowest BCUT2D eigenvalue weighted by atomic mass is 10.1. The first kappa shape index (κ1) is 11.0. The summed E-state index contributed by atoms with van der Waals surface area (Å²) in [5.41, 5.74) is 1.06. The molecule has 0 unspecified atom stereocenters. The van der Waals surface area contributed by atoms with Crippen molar-refractivity contribution in [3.63, 3.8) is 0 Å². The summed E-state index contributed by atoms with van der Waals surface area (Å²) < 4.78 is 4.49. The molecule has 0 aromatic carbocycles.